The fourth-order valence-electron chi connectivity index (χ4n) is 1.28. The monoisotopic (exact) mass is 299 g/mol. The van der Waals surface area contributed by atoms with Gasteiger partial charge in [-0.05, 0) is 24.5 Å². The van der Waals surface area contributed by atoms with Crippen molar-refractivity contribution in [1.82, 2.24) is 14.5 Å². The standard InChI is InChI=1S/C9H9N5O3S2/c1-12-9(18)13(8(11-12)19-2)10-5-6-3-4-7(17-6)14(15)16/h3-5H,1-2H3. The highest BCUT2D eigenvalue weighted by Gasteiger charge is 2.11. The molecule has 100 valence electrons. The van der Waals surface area contributed by atoms with Gasteiger partial charge in [0.2, 0.25) is 9.93 Å². The van der Waals surface area contributed by atoms with E-state index >= 15 is 0 Å². The number of aryl methyl sites for hydroxylation is 1. The Hall–Kier alpha value is -1.94. The van der Waals surface area contributed by atoms with Crippen molar-refractivity contribution in [3.8, 4) is 0 Å². The second-order valence-electron chi connectivity index (χ2n) is 3.38. The van der Waals surface area contributed by atoms with Crippen molar-refractivity contribution in [1.29, 1.82) is 0 Å². The second kappa shape index (κ2) is 5.36. The Bertz CT molecular complexity index is 699. The molecule has 2 heterocycles. The minimum atomic E-state index is -0.611. The predicted molar refractivity (Wildman–Crippen MR) is 72.2 cm³/mol. The number of furan rings is 1. The van der Waals surface area contributed by atoms with Crippen LogP contribution in [0, 0.1) is 14.9 Å². The lowest BCUT2D eigenvalue weighted by molar-refractivity contribution is -0.402. The van der Waals surface area contributed by atoms with Crippen molar-refractivity contribution in [3.05, 3.63) is 32.8 Å². The highest BCUT2D eigenvalue weighted by Crippen LogP contribution is 2.15. The Balaban J connectivity index is 2.32. The van der Waals surface area contributed by atoms with Gasteiger partial charge in [-0.15, -0.1) is 5.10 Å². The minimum Gasteiger partial charge on any atom is -0.400 e. The molecule has 0 amide bonds. The van der Waals surface area contributed by atoms with Gasteiger partial charge in [-0.25, -0.2) is 4.68 Å². The molecule has 2 rings (SSSR count). The molecule has 2 aromatic rings. The Labute approximate surface area is 116 Å². The molecule has 10 heteroatoms. The molecule has 0 radical (unpaired) electrons. The summed E-state index contributed by atoms with van der Waals surface area (Å²) in [5.41, 5.74) is 0. The van der Waals surface area contributed by atoms with Gasteiger partial charge < -0.3 is 4.42 Å². The molecule has 19 heavy (non-hydrogen) atoms. The minimum absolute atomic E-state index is 0.268. The molecule has 2 aromatic heterocycles. The van der Waals surface area contributed by atoms with E-state index in [2.05, 4.69) is 10.2 Å². The number of hydrogen-bond donors (Lipinski definition) is 0. The first kappa shape index (κ1) is 13.5. The van der Waals surface area contributed by atoms with E-state index in [9.17, 15) is 10.1 Å². The summed E-state index contributed by atoms with van der Waals surface area (Å²) in [4.78, 5) is 9.86. The quantitative estimate of drug-likeness (QED) is 0.282. The third-order valence-corrected chi connectivity index (χ3v) is 3.21. The highest BCUT2D eigenvalue weighted by atomic mass is 32.2. The Kier molecular flexibility index (Phi) is 3.81. The van der Waals surface area contributed by atoms with Crippen molar-refractivity contribution in [2.75, 3.05) is 6.26 Å². The van der Waals surface area contributed by atoms with Crippen LogP contribution in [0.5, 0.6) is 0 Å². The van der Waals surface area contributed by atoms with Crippen LogP contribution in [0.15, 0.2) is 26.8 Å². The summed E-state index contributed by atoms with van der Waals surface area (Å²) in [6.45, 7) is 0. The molecule has 0 unspecified atom stereocenters. The zero-order chi connectivity index (χ0) is 14.0. The number of thioether (sulfide) groups is 1. The van der Waals surface area contributed by atoms with Crippen LogP contribution in [0.1, 0.15) is 5.76 Å². The first-order valence-corrected chi connectivity index (χ1v) is 6.65. The SMILES string of the molecule is CSc1nn(C)c(=S)n1N=Cc1ccc([N+](=O)[O-])o1. The lowest BCUT2D eigenvalue weighted by Crippen LogP contribution is -1.93. The highest BCUT2D eigenvalue weighted by molar-refractivity contribution is 7.98. The summed E-state index contributed by atoms with van der Waals surface area (Å²) in [7, 11) is 1.71. The summed E-state index contributed by atoms with van der Waals surface area (Å²) >= 11 is 6.53. The van der Waals surface area contributed by atoms with Crippen LogP contribution in [0.3, 0.4) is 0 Å². The number of nitrogens with zero attached hydrogens (tertiary/aromatic N) is 5. The van der Waals surface area contributed by atoms with Gasteiger partial charge in [0.1, 0.15) is 4.92 Å². The van der Waals surface area contributed by atoms with Crippen molar-refractivity contribution in [2.45, 2.75) is 5.16 Å². The second-order valence-corrected chi connectivity index (χ2v) is 4.52. The molecule has 8 nitrogen and oxygen atoms in total. The van der Waals surface area contributed by atoms with Crippen LogP contribution in [0.4, 0.5) is 5.88 Å². The van der Waals surface area contributed by atoms with Crippen molar-refractivity contribution >= 4 is 36.1 Å². The lowest BCUT2D eigenvalue weighted by Gasteiger charge is -1.94. The molecule has 0 aliphatic heterocycles. The molecule has 0 atom stereocenters. The van der Waals surface area contributed by atoms with Gasteiger partial charge in [-0.1, -0.05) is 11.8 Å². The molecule has 0 saturated carbocycles. The first-order valence-electron chi connectivity index (χ1n) is 5.01. The van der Waals surface area contributed by atoms with E-state index in [-0.39, 0.29) is 11.6 Å². The van der Waals surface area contributed by atoms with Gasteiger partial charge in [-0.3, -0.25) is 10.1 Å². The Morgan fingerprint density at radius 1 is 1.63 bits per heavy atom. The fraction of sp³-hybridized carbons (Fsp3) is 0.222. The van der Waals surface area contributed by atoms with Crippen LogP contribution in [0.25, 0.3) is 0 Å². The van der Waals surface area contributed by atoms with E-state index in [4.69, 9.17) is 16.6 Å². The van der Waals surface area contributed by atoms with Gasteiger partial charge in [0, 0.05) is 7.05 Å². The summed E-state index contributed by atoms with van der Waals surface area (Å²) in [5, 5.41) is 19.4. The van der Waals surface area contributed by atoms with Gasteiger partial charge in [0.15, 0.2) is 5.76 Å². The van der Waals surface area contributed by atoms with E-state index < -0.39 is 4.92 Å². The van der Waals surface area contributed by atoms with E-state index in [0.717, 1.165) is 0 Å². The predicted octanol–water partition coefficient (Wildman–Crippen LogP) is 2.06. The topological polar surface area (TPSA) is 91.4 Å². The van der Waals surface area contributed by atoms with Crippen LogP contribution < -0.4 is 0 Å². The van der Waals surface area contributed by atoms with Crippen LogP contribution >= 0.6 is 24.0 Å². The van der Waals surface area contributed by atoms with E-state index in [1.807, 2.05) is 6.26 Å². The average Bonchev–Trinajstić information content (AvgIpc) is 2.94. The maximum atomic E-state index is 10.5. The van der Waals surface area contributed by atoms with Crippen LogP contribution in [-0.4, -0.2) is 31.9 Å². The lowest BCUT2D eigenvalue weighted by atomic mass is 10.5. The van der Waals surface area contributed by atoms with Crippen LogP contribution in [0.2, 0.25) is 0 Å². The first-order chi connectivity index (χ1) is 9.02. The van der Waals surface area contributed by atoms with Gasteiger partial charge in [0.25, 0.3) is 0 Å². The molecular weight excluding hydrogens is 290 g/mol. The molecule has 0 aliphatic carbocycles. The van der Waals surface area contributed by atoms with Crippen molar-refractivity contribution < 1.29 is 9.34 Å². The summed E-state index contributed by atoms with van der Waals surface area (Å²) in [6.07, 6.45) is 3.20. The Morgan fingerprint density at radius 2 is 2.37 bits per heavy atom. The van der Waals surface area contributed by atoms with Crippen molar-refractivity contribution in [2.24, 2.45) is 12.1 Å². The molecule has 0 spiro atoms. The molecule has 0 N–H and O–H groups in total. The number of aromatic nitrogens is 3. The van der Waals surface area contributed by atoms with E-state index in [1.54, 1.807) is 7.05 Å². The summed E-state index contributed by atoms with van der Waals surface area (Å²) < 4.78 is 8.35. The smallest absolute Gasteiger partial charge is 0.400 e. The maximum absolute atomic E-state index is 10.5. The summed E-state index contributed by atoms with van der Waals surface area (Å²) in [5.74, 6) is -0.0640. The third kappa shape index (κ3) is 2.74. The van der Waals surface area contributed by atoms with Gasteiger partial charge in [-0.2, -0.15) is 9.78 Å². The average molecular weight is 299 g/mol. The Morgan fingerprint density at radius 3 is 2.95 bits per heavy atom. The van der Waals surface area contributed by atoms with Gasteiger partial charge >= 0.3 is 5.88 Å². The van der Waals surface area contributed by atoms with E-state index in [0.29, 0.717) is 9.93 Å². The third-order valence-electron chi connectivity index (χ3n) is 2.15. The number of rotatable bonds is 4. The molecule has 0 fully saturated rings. The van der Waals surface area contributed by atoms with Crippen LogP contribution in [-0.2, 0) is 7.05 Å². The van der Waals surface area contributed by atoms with Crippen molar-refractivity contribution in [3.63, 3.8) is 0 Å². The largest absolute Gasteiger partial charge is 0.433 e. The zero-order valence-corrected chi connectivity index (χ0v) is 11.6. The summed E-state index contributed by atoms with van der Waals surface area (Å²) in [6, 6.07) is 2.72. The number of hydrogen-bond acceptors (Lipinski definition) is 7. The molecule has 0 bridgehead atoms. The number of nitro groups is 1. The zero-order valence-electron chi connectivity index (χ0n) is 10.0. The normalized spacial score (nSPS) is 11.3. The molecule has 0 saturated heterocycles. The fourth-order valence-corrected chi connectivity index (χ4v) is 2.03. The molecule has 0 aliphatic rings. The van der Waals surface area contributed by atoms with Gasteiger partial charge in [0.05, 0.1) is 12.3 Å². The maximum Gasteiger partial charge on any atom is 0.433 e. The molecular formula is C9H9N5O3S2. The molecule has 0 aromatic carbocycles. The van der Waals surface area contributed by atoms with E-state index in [1.165, 1.54) is 39.5 Å².